The molecular weight excluding hydrogens is 596 g/mol. The lowest BCUT2D eigenvalue weighted by Crippen LogP contribution is -2.41. The molecule has 0 aliphatic rings. The number of anilines is 2. The van der Waals surface area contributed by atoms with E-state index in [2.05, 4.69) is 29.8 Å². The smallest absolute Gasteiger partial charge is 0.321 e. The predicted molar refractivity (Wildman–Crippen MR) is 198 cm³/mol. The SMILES string of the molecule is CCCCCCCNC(=O)N(C)c1cccc(-c2ccc(C[C@H](Nc3ccccc3C(=O)c3ccccc3)C(=O)NCCCC)cc2)c1. The van der Waals surface area contributed by atoms with Crippen molar-refractivity contribution in [1.82, 2.24) is 10.6 Å². The minimum atomic E-state index is -0.584. The monoisotopic (exact) mass is 646 g/mol. The molecule has 1 atom stereocenters. The zero-order valence-electron chi connectivity index (χ0n) is 28.6. The molecule has 0 fully saturated rings. The van der Waals surface area contributed by atoms with Crippen molar-refractivity contribution < 1.29 is 14.4 Å². The number of ketones is 1. The first-order chi connectivity index (χ1) is 23.4. The number of hydrogen-bond acceptors (Lipinski definition) is 4. The Labute approximate surface area is 286 Å². The second kappa shape index (κ2) is 19.0. The molecule has 4 rings (SSSR count). The van der Waals surface area contributed by atoms with Crippen molar-refractivity contribution in [2.45, 2.75) is 71.3 Å². The summed E-state index contributed by atoms with van der Waals surface area (Å²) in [7, 11) is 1.79. The van der Waals surface area contributed by atoms with Gasteiger partial charge in [0.25, 0.3) is 0 Å². The summed E-state index contributed by atoms with van der Waals surface area (Å²) in [6.07, 6.45) is 8.07. The van der Waals surface area contributed by atoms with Gasteiger partial charge in [-0.25, -0.2) is 4.79 Å². The minimum Gasteiger partial charge on any atom is -0.373 e. The minimum absolute atomic E-state index is 0.0963. The Bertz CT molecular complexity index is 1600. The Morgan fingerprint density at radius 2 is 1.35 bits per heavy atom. The van der Waals surface area contributed by atoms with Crippen LogP contribution in [-0.4, -0.2) is 43.9 Å². The molecule has 0 spiro atoms. The van der Waals surface area contributed by atoms with E-state index in [0.29, 0.717) is 36.3 Å². The van der Waals surface area contributed by atoms with E-state index in [1.54, 1.807) is 30.1 Å². The number of para-hydroxylation sites is 1. The topological polar surface area (TPSA) is 90.5 Å². The normalized spacial score (nSPS) is 11.4. The fourth-order valence-corrected chi connectivity index (χ4v) is 5.58. The van der Waals surface area contributed by atoms with Crippen molar-refractivity contribution in [1.29, 1.82) is 0 Å². The molecule has 0 radical (unpaired) electrons. The summed E-state index contributed by atoms with van der Waals surface area (Å²) >= 11 is 0. The predicted octanol–water partition coefficient (Wildman–Crippen LogP) is 8.64. The van der Waals surface area contributed by atoms with Crippen LogP contribution in [0, 0.1) is 0 Å². The number of carbonyl (C=O) groups excluding carboxylic acids is 3. The molecule has 252 valence electrons. The van der Waals surface area contributed by atoms with Crippen LogP contribution in [0.15, 0.2) is 103 Å². The lowest BCUT2D eigenvalue weighted by Gasteiger charge is -2.22. The van der Waals surface area contributed by atoms with Crippen LogP contribution in [0.2, 0.25) is 0 Å². The Morgan fingerprint density at radius 1 is 0.667 bits per heavy atom. The summed E-state index contributed by atoms with van der Waals surface area (Å²) in [6.45, 7) is 5.56. The molecule has 0 heterocycles. The van der Waals surface area contributed by atoms with Crippen molar-refractivity contribution in [3.05, 3.63) is 120 Å². The third-order valence-electron chi connectivity index (χ3n) is 8.51. The highest BCUT2D eigenvalue weighted by Gasteiger charge is 2.22. The number of benzene rings is 4. The van der Waals surface area contributed by atoms with Gasteiger partial charge in [-0.05, 0) is 53.8 Å². The van der Waals surface area contributed by atoms with E-state index in [9.17, 15) is 14.4 Å². The Balaban J connectivity index is 1.46. The zero-order chi connectivity index (χ0) is 34.1. The number of urea groups is 1. The van der Waals surface area contributed by atoms with Crippen LogP contribution in [-0.2, 0) is 11.2 Å². The molecule has 7 nitrogen and oxygen atoms in total. The second-order valence-electron chi connectivity index (χ2n) is 12.2. The van der Waals surface area contributed by atoms with Gasteiger partial charge in [0.2, 0.25) is 5.91 Å². The Kier molecular flexibility index (Phi) is 14.3. The fourth-order valence-electron chi connectivity index (χ4n) is 5.58. The zero-order valence-corrected chi connectivity index (χ0v) is 28.6. The molecule has 4 aromatic carbocycles. The van der Waals surface area contributed by atoms with E-state index in [4.69, 9.17) is 0 Å². The van der Waals surface area contributed by atoms with Crippen LogP contribution in [0.3, 0.4) is 0 Å². The number of carbonyl (C=O) groups is 3. The maximum absolute atomic E-state index is 13.5. The van der Waals surface area contributed by atoms with Crippen LogP contribution in [0.25, 0.3) is 11.1 Å². The highest BCUT2D eigenvalue weighted by Crippen LogP contribution is 2.26. The van der Waals surface area contributed by atoms with Gasteiger partial charge >= 0.3 is 6.03 Å². The molecule has 4 aromatic rings. The molecule has 0 bridgehead atoms. The van der Waals surface area contributed by atoms with Gasteiger partial charge < -0.3 is 16.0 Å². The number of nitrogens with one attached hydrogen (secondary N) is 3. The van der Waals surface area contributed by atoms with Gasteiger partial charge in [-0.15, -0.1) is 0 Å². The molecule has 0 saturated carbocycles. The van der Waals surface area contributed by atoms with Crippen molar-refractivity contribution in [2.75, 3.05) is 30.4 Å². The highest BCUT2D eigenvalue weighted by molar-refractivity contribution is 6.12. The summed E-state index contributed by atoms with van der Waals surface area (Å²) in [5.41, 5.74) is 5.56. The van der Waals surface area contributed by atoms with Gasteiger partial charge in [0.1, 0.15) is 6.04 Å². The average molecular weight is 647 g/mol. The highest BCUT2D eigenvalue weighted by atomic mass is 16.2. The number of rotatable bonds is 18. The third-order valence-corrected chi connectivity index (χ3v) is 8.51. The van der Waals surface area contributed by atoms with Gasteiger partial charge in [-0.3, -0.25) is 14.5 Å². The molecule has 7 heteroatoms. The second-order valence-corrected chi connectivity index (χ2v) is 12.2. The average Bonchev–Trinajstić information content (AvgIpc) is 3.13. The van der Waals surface area contributed by atoms with Crippen molar-refractivity contribution in [3.8, 4) is 11.1 Å². The largest absolute Gasteiger partial charge is 0.373 e. The maximum Gasteiger partial charge on any atom is 0.321 e. The molecule has 3 amide bonds. The Morgan fingerprint density at radius 3 is 2.10 bits per heavy atom. The van der Waals surface area contributed by atoms with E-state index >= 15 is 0 Å². The summed E-state index contributed by atoms with van der Waals surface area (Å²) < 4.78 is 0. The molecule has 48 heavy (non-hydrogen) atoms. The van der Waals surface area contributed by atoms with Gasteiger partial charge in [-0.2, -0.15) is 0 Å². The number of nitrogens with zero attached hydrogens (tertiary/aromatic N) is 1. The fraction of sp³-hybridized carbons (Fsp3) is 0.341. The van der Waals surface area contributed by atoms with E-state index in [1.807, 2.05) is 84.9 Å². The van der Waals surface area contributed by atoms with Gasteiger partial charge in [-0.1, -0.05) is 125 Å². The van der Waals surface area contributed by atoms with E-state index in [-0.39, 0.29) is 17.7 Å². The first-order valence-electron chi connectivity index (χ1n) is 17.3. The van der Waals surface area contributed by atoms with Crippen molar-refractivity contribution in [2.24, 2.45) is 0 Å². The van der Waals surface area contributed by atoms with Gasteiger partial charge in [0.15, 0.2) is 5.78 Å². The number of amides is 3. The van der Waals surface area contributed by atoms with Crippen molar-refractivity contribution in [3.63, 3.8) is 0 Å². The van der Waals surface area contributed by atoms with E-state index in [0.717, 1.165) is 48.1 Å². The van der Waals surface area contributed by atoms with Gasteiger partial charge in [0, 0.05) is 49.1 Å². The molecule has 0 unspecified atom stereocenters. The van der Waals surface area contributed by atoms with E-state index in [1.165, 1.54) is 19.3 Å². The van der Waals surface area contributed by atoms with Crippen LogP contribution >= 0.6 is 0 Å². The van der Waals surface area contributed by atoms with Crippen LogP contribution in [0.4, 0.5) is 16.2 Å². The molecule has 3 N–H and O–H groups in total. The summed E-state index contributed by atoms with van der Waals surface area (Å²) in [5, 5.41) is 9.50. The van der Waals surface area contributed by atoms with E-state index < -0.39 is 6.04 Å². The van der Waals surface area contributed by atoms with Crippen LogP contribution in [0.1, 0.15) is 80.3 Å². The molecule has 0 aliphatic carbocycles. The number of unbranched alkanes of at least 4 members (excludes halogenated alkanes) is 5. The molecule has 0 aromatic heterocycles. The Hall–Kier alpha value is -4.91. The number of hydrogen-bond donors (Lipinski definition) is 3. The first-order valence-corrected chi connectivity index (χ1v) is 17.3. The maximum atomic E-state index is 13.5. The molecule has 0 aliphatic heterocycles. The van der Waals surface area contributed by atoms with Crippen LogP contribution < -0.4 is 20.9 Å². The third kappa shape index (κ3) is 10.6. The van der Waals surface area contributed by atoms with Crippen LogP contribution in [0.5, 0.6) is 0 Å². The quantitative estimate of drug-likeness (QED) is 0.0746. The van der Waals surface area contributed by atoms with Crippen molar-refractivity contribution >= 4 is 29.1 Å². The summed E-state index contributed by atoms with van der Waals surface area (Å²) in [6, 6.07) is 31.9. The summed E-state index contributed by atoms with van der Waals surface area (Å²) in [4.78, 5) is 41.3. The first kappa shape index (κ1) is 35.9. The standard InChI is InChI=1S/C41H50N4O3/c1-4-6-8-9-15-28-43-41(48)45(3)35-20-16-19-34(30-35)32-25-23-31(24-26-32)29-38(40(47)42-27-7-5-2)44-37-22-14-13-21-36(37)39(46)33-17-11-10-12-18-33/h10-14,16-26,30,38,44H,4-9,15,27-29H2,1-3H3,(H,42,47)(H,43,48)/t38-/m0/s1. The molecular formula is C41H50N4O3. The summed E-state index contributed by atoms with van der Waals surface area (Å²) in [5.74, 6) is -0.203. The lowest BCUT2D eigenvalue weighted by molar-refractivity contribution is -0.121. The van der Waals surface area contributed by atoms with Gasteiger partial charge in [0.05, 0.1) is 0 Å². The molecule has 0 saturated heterocycles. The lowest BCUT2D eigenvalue weighted by atomic mass is 9.98.